The molecular formula is C11H11N3O. The van der Waals surface area contributed by atoms with Crippen molar-refractivity contribution >= 4 is 5.91 Å². The minimum atomic E-state index is -0.325. The number of carbonyl (C=O) groups excluding carboxylic acids is 1. The molecule has 0 spiro atoms. The molecule has 1 amide bonds. The van der Waals surface area contributed by atoms with Crippen molar-refractivity contribution in [2.75, 3.05) is 7.05 Å². The molecule has 1 saturated carbocycles. The zero-order valence-electron chi connectivity index (χ0n) is 8.45. The van der Waals surface area contributed by atoms with Crippen molar-refractivity contribution in [2.45, 2.75) is 18.3 Å². The fourth-order valence-corrected chi connectivity index (χ4v) is 1.53. The van der Waals surface area contributed by atoms with Gasteiger partial charge in [-0.1, -0.05) is 6.07 Å². The molecule has 0 unspecified atom stereocenters. The second kappa shape index (κ2) is 3.35. The van der Waals surface area contributed by atoms with E-state index in [4.69, 9.17) is 5.26 Å². The Labute approximate surface area is 87.9 Å². The van der Waals surface area contributed by atoms with E-state index in [0.29, 0.717) is 5.69 Å². The predicted octanol–water partition coefficient (Wildman–Crippen LogP) is 0.996. The second-order valence-corrected chi connectivity index (χ2v) is 3.71. The molecular weight excluding hydrogens is 190 g/mol. The first-order chi connectivity index (χ1) is 7.22. The summed E-state index contributed by atoms with van der Waals surface area (Å²) in [6, 6.07) is 5.76. The van der Waals surface area contributed by atoms with Crippen molar-refractivity contribution in [1.82, 2.24) is 10.3 Å². The zero-order valence-corrected chi connectivity index (χ0v) is 8.45. The quantitative estimate of drug-likeness (QED) is 0.776. The van der Waals surface area contributed by atoms with Crippen molar-refractivity contribution in [3.8, 4) is 6.07 Å². The first kappa shape index (κ1) is 9.66. The summed E-state index contributed by atoms with van der Waals surface area (Å²) >= 11 is 0. The van der Waals surface area contributed by atoms with E-state index in [1.165, 1.54) is 0 Å². The predicted molar refractivity (Wildman–Crippen MR) is 54.2 cm³/mol. The van der Waals surface area contributed by atoms with Crippen molar-refractivity contribution in [3.05, 3.63) is 29.6 Å². The number of nitriles is 1. The second-order valence-electron chi connectivity index (χ2n) is 3.71. The summed E-state index contributed by atoms with van der Waals surface area (Å²) in [5.41, 5.74) is 0.974. The van der Waals surface area contributed by atoms with E-state index in [2.05, 4.69) is 16.4 Å². The molecule has 2 rings (SSSR count). The van der Waals surface area contributed by atoms with Crippen molar-refractivity contribution in [2.24, 2.45) is 0 Å². The molecule has 1 aromatic heterocycles. The van der Waals surface area contributed by atoms with Gasteiger partial charge in [-0.3, -0.25) is 9.78 Å². The van der Waals surface area contributed by atoms with Gasteiger partial charge in [0.05, 0.1) is 11.5 Å². The standard InChI is InChI=1S/C11H11N3O/c1-13-10(15)9-3-2-8(6-14-9)11(7-12)4-5-11/h2-3,6H,4-5H2,1H3,(H,13,15). The number of pyridine rings is 1. The fraction of sp³-hybridized carbons (Fsp3) is 0.364. The molecule has 0 bridgehead atoms. The van der Waals surface area contributed by atoms with Crippen LogP contribution in [0.2, 0.25) is 0 Å². The van der Waals surface area contributed by atoms with Gasteiger partial charge in [0.25, 0.3) is 5.91 Å². The van der Waals surface area contributed by atoms with E-state index in [0.717, 1.165) is 18.4 Å². The summed E-state index contributed by atoms with van der Waals surface area (Å²) in [5, 5.41) is 11.5. The lowest BCUT2D eigenvalue weighted by atomic mass is 10.00. The molecule has 1 N–H and O–H groups in total. The van der Waals surface area contributed by atoms with Gasteiger partial charge in [0, 0.05) is 13.2 Å². The van der Waals surface area contributed by atoms with Crippen LogP contribution in [0.1, 0.15) is 28.9 Å². The Hall–Kier alpha value is -1.89. The Morgan fingerprint density at radius 3 is 2.73 bits per heavy atom. The largest absolute Gasteiger partial charge is 0.354 e. The summed E-state index contributed by atoms with van der Waals surface area (Å²) in [6.07, 6.45) is 3.41. The molecule has 0 atom stereocenters. The van der Waals surface area contributed by atoms with Gasteiger partial charge in [-0.25, -0.2) is 0 Å². The monoisotopic (exact) mass is 201 g/mol. The highest BCUT2D eigenvalue weighted by atomic mass is 16.1. The topological polar surface area (TPSA) is 65.8 Å². The van der Waals surface area contributed by atoms with Crippen LogP contribution in [-0.2, 0) is 5.41 Å². The molecule has 4 heteroatoms. The van der Waals surface area contributed by atoms with Gasteiger partial charge in [-0.2, -0.15) is 5.26 Å². The number of carbonyl (C=O) groups is 1. The maximum Gasteiger partial charge on any atom is 0.269 e. The normalized spacial score (nSPS) is 16.5. The van der Waals surface area contributed by atoms with Gasteiger partial charge in [0.15, 0.2) is 0 Å². The van der Waals surface area contributed by atoms with E-state index in [1.807, 2.05) is 6.07 Å². The number of nitrogens with zero attached hydrogens (tertiary/aromatic N) is 2. The van der Waals surface area contributed by atoms with Gasteiger partial charge >= 0.3 is 0 Å². The van der Waals surface area contributed by atoms with E-state index in [9.17, 15) is 4.79 Å². The van der Waals surface area contributed by atoms with Crippen LogP contribution in [0.25, 0.3) is 0 Å². The van der Waals surface area contributed by atoms with Crippen molar-refractivity contribution < 1.29 is 4.79 Å². The molecule has 0 radical (unpaired) electrons. The van der Waals surface area contributed by atoms with Gasteiger partial charge in [-0.15, -0.1) is 0 Å². The zero-order chi connectivity index (χ0) is 10.9. The van der Waals surface area contributed by atoms with Crippen LogP contribution < -0.4 is 5.32 Å². The first-order valence-electron chi connectivity index (χ1n) is 4.82. The van der Waals surface area contributed by atoms with Crippen LogP contribution >= 0.6 is 0 Å². The highest BCUT2D eigenvalue weighted by Gasteiger charge is 2.45. The van der Waals surface area contributed by atoms with Crippen molar-refractivity contribution in [3.63, 3.8) is 0 Å². The van der Waals surface area contributed by atoms with Crippen LogP contribution in [-0.4, -0.2) is 17.9 Å². The minimum absolute atomic E-state index is 0.205. The van der Waals surface area contributed by atoms with E-state index < -0.39 is 0 Å². The molecule has 15 heavy (non-hydrogen) atoms. The lowest BCUT2D eigenvalue weighted by Crippen LogP contribution is -2.19. The Kier molecular flexibility index (Phi) is 2.16. The highest BCUT2D eigenvalue weighted by molar-refractivity contribution is 5.91. The molecule has 0 aliphatic heterocycles. The third kappa shape index (κ3) is 1.57. The molecule has 1 aromatic rings. The molecule has 1 aliphatic rings. The van der Waals surface area contributed by atoms with Crippen LogP contribution in [0.3, 0.4) is 0 Å². The Bertz CT molecular complexity index is 426. The van der Waals surface area contributed by atoms with Gasteiger partial charge in [0.2, 0.25) is 0 Å². The molecule has 4 nitrogen and oxygen atoms in total. The lowest BCUT2D eigenvalue weighted by Gasteiger charge is -2.05. The van der Waals surface area contributed by atoms with Crippen LogP contribution in [0.4, 0.5) is 0 Å². The van der Waals surface area contributed by atoms with Crippen LogP contribution in [0, 0.1) is 11.3 Å². The summed E-state index contributed by atoms with van der Waals surface area (Å²) < 4.78 is 0. The Balaban J connectivity index is 2.26. The smallest absolute Gasteiger partial charge is 0.269 e. The molecule has 1 heterocycles. The van der Waals surface area contributed by atoms with Crippen LogP contribution in [0.15, 0.2) is 18.3 Å². The maximum atomic E-state index is 11.2. The van der Waals surface area contributed by atoms with E-state index >= 15 is 0 Å². The Morgan fingerprint density at radius 1 is 1.60 bits per heavy atom. The number of aromatic nitrogens is 1. The van der Waals surface area contributed by atoms with Gasteiger partial charge in [-0.05, 0) is 24.5 Å². The number of hydrogen-bond donors (Lipinski definition) is 1. The number of rotatable bonds is 2. The molecule has 1 aliphatic carbocycles. The molecule has 0 saturated heterocycles. The number of hydrogen-bond acceptors (Lipinski definition) is 3. The summed E-state index contributed by atoms with van der Waals surface area (Å²) in [7, 11) is 1.57. The fourth-order valence-electron chi connectivity index (χ4n) is 1.53. The third-order valence-electron chi connectivity index (χ3n) is 2.74. The maximum absolute atomic E-state index is 11.2. The van der Waals surface area contributed by atoms with Gasteiger partial charge < -0.3 is 5.32 Å². The third-order valence-corrected chi connectivity index (χ3v) is 2.74. The number of nitrogens with one attached hydrogen (secondary N) is 1. The van der Waals surface area contributed by atoms with Crippen LogP contribution in [0.5, 0.6) is 0 Å². The summed E-state index contributed by atoms with van der Waals surface area (Å²) in [5.74, 6) is -0.205. The average molecular weight is 201 g/mol. The van der Waals surface area contributed by atoms with Crippen molar-refractivity contribution in [1.29, 1.82) is 5.26 Å². The SMILES string of the molecule is CNC(=O)c1ccc(C2(C#N)CC2)cn1. The average Bonchev–Trinajstić information content (AvgIpc) is 3.09. The molecule has 1 fully saturated rings. The first-order valence-corrected chi connectivity index (χ1v) is 4.82. The Morgan fingerprint density at radius 2 is 2.33 bits per heavy atom. The number of amides is 1. The molecule has 76 valence electrons. The highest BCUT2D eigenvalue weighted by Crippen LogP contribution is 2.47. The van der Waals surface area contributed by atoms with E-state index in [1.54, 1.807) is 19.3 Å². The summed E-state index contributed by atoms with van der Waals surface area (Å²) in [4.78, 5) is 15.3. The minimum Gasteiger partial charge on any atom is -0.354 e. The van der Waals surface area contributed by atoms with Gasteiger partial charge in [0.1, 0.15) is 5.69 Å². The molecule has 0 aromatic carbocycles. The van der Waals surface area contributed by atoms with E-state index in [-0.39, 0.29) is 11.3 Å². The lowest BCUT2D eigenvalue weighted by molar-refractivity contribution is 0.0958. The summed E-state index contributed by atoms with van der Waals surface area (Å²) in [6.45, 7) is 0.